The van der Waals surface area contributed by atoms with Crippen molar-refractivity contribution < 1.29 is 9.53 Å². The topological polar surface area (TPSA) is 68.5 Å². The van der Waals surface area contributed by atoms with Crippen LogP contribution in [0.15, 0.2) is 42.7 Å². The van der Waals surface area contributed by atoms with E-state index in [4.69, 9.17) is 10.5 Å². The van der Waals surface area contributed by atoms with Crippen LogP contribution in [0.2, 0.25) is 0 Å². The number of rotatable bonds is 3. The summed E-state index contributed by atoms with van der Waals surface area (Å²) in [6.07, 6.45) is 3.29. The van der Waals surface area contributed by atoms with Crippen LogP contribution >= 0.6 is 0 Å². The Kier molecular flexibility index (Phi) is 3.66. The molecule has 0 saturated heterocycles. The number of carbonyl (C=O) groups excluding carboxylic acids is 1. The lowest BCUT2D eigenvalue weighted by molar-refractivity contribution is 0.0990. The Balaban J connectivity index is 2.34. The minimum absolute atomic E-state index is 0.176. The quantitative estimate of drug-likeness (QED) is 0.853. The molecule has 2 aromatic rings. The first-order valence-electron chi connectivity index (χ1n) is 5.75. The zero-order valence-electron chi connectivity index (χ0n) is 10.8. The van der Waals surface area contributed by atoms with Crippen LogP contribution in [0.3, 0.4) is 0 Å². The Bertz CT molecular complexity index is 584. The molecule has 0 radical (unpaired) electrons. The molecule has 0 saturated carbocycles. The molecule has 0 aliphatic heterocycles. The number of nitrogen functional groups attached to an aromatic ring is 1. The summed E-state index contributed by atoms with van der Waals surface area (Å²) in [7, 11) is 3.20. The molecule has 5 nitrogen and oxygen atoms in total. The van der Waals surface area contributed by atoms with Crippen molar-refractivity contribution in [3.05, 3.63) is 48.3 Å². The highest BCUT2D eigenvalue weighted by atomic mass is 16.5. The van der Waals surface area contributed by atoms with E-state index in [9.17, 15) is 4.79 Å². The molecule has 1 aromatic carbocycles. The minimum atomic E-state index is -0.176. The second-order valence-corrected chi connectivity index (χ2v) is 4.04. The van der Waals surface area contributed by atoms with Crippen molar-refractivity contribution in [2.45, 2.75) is 0 Å². The minimum Gasteiger partial charge on any atom is -0.496 e. The molecule has 0 atom stereocenters. The molecule has 2 N–H and O–H groups in total. The summed E-state index contributed by atoms with van der Waals surface area (Å²) in [5.41, 5.74) is 7.40. The Labute approximate surface area is 111 Å². The molecule has 1 heterocycles. The van der Waals surface area contributed by atoms with Gasteiger partial charge in [-0.15, -0.1) is 0 Å². The molecule has 1 amide bonds. The van der Waals surface area contributed by atoms with E-state index in [1.807, 2.05) is 6.07 Å². The van der Waals surface area contributed by atoms with E-state index in [1.54, 1.807) is 43.7 Å². The normalized spacial score (nSPS) is 10.0. The predicted octanol–water partition coefficient (Wildman–Crippen LogP) is 1.95. The van der Waals surface area contributed by atoms with Gasteiger partial charge in [-0.3, -0.25) is 9.78 Å². The molecule has 2 rings (SSSR count). The standard InChI is InChI=1S/C14H15N3O2/c1-17(11-4-3-7-16-9-11)14(18)12-6-5-10(15)8-13(12)19-2/h3-9H,15H2,1-2H3. The van der Waals surface area contributed by atoms with Gasteiger partial charge in [0.15, 0.2) is 0 Å². The molecule has 0 aliphatic rings. The van der Waals surface area contributed by atoms with Crippen LogP contribution in [0.5, 0.6) is 5.75 Å². The van der Waals surface area contributed by atoms with Crippen molar-refractivity contribution in [2.24, 2.45) is 0 Å². The number of nitrogens with zero attached hydrogens (tertiary/aromatic N) is 2. The lowest BCUT2D eigenvalue weighted by Crippen LogP contribution is -2.26. The number of hydrogen-bond acceptors (Lipinski definition) is 4. The average molecular weight is 257 g/mol. The van der Waals surface area contributed by atoms with Crippen LogP contribution in [-0.4, -0.2) is 25.0 Å². The van der Waals surface area contributed by atoms with E-state index >= 15 is 0 Å². The van der Waals surface area contributed by atoms with Gasteiger partial charge in [-0.2, -0.15) is 0 Å². The van der Waals surface area contributed by atoms with Gasteiger partial charge in [0.1, 0.15) is 5.75 Å². The number of aromatic nitrogens is 1. The zero-order chi connectivity index (χ0) is 13.8. The van der Waals surface area contributed by atoms with Crippen molar-refractivity contribution in [3.8, 4) is 5.75 Å². The van der Waals surface area contributed by atoms with Crippen molar-refractivity contribution in [3.63, 3.8) is 0 Å². The second-order valence-electron chi connectivity index (χ2n) is 4.04. The van der Waals surface area contributed by atoms with Crippen LogP contribution in [0.25, 0.3) is 0 Å². The van der Waals surface area contributed by atoms with Gasteiger partial charge < -0.3 is 15.4 Å². The first kappa shape index (κ1) is 12.9. The molecule has 0 spiro atoms. The fraction of sp³-hybridized carbons (Fsp3) is 0.143. The summed E-state index contributed by atoms with van der Waals surface area (Å²) in [6.45, 7) is 0. The van der Waals surface area contributed by atoms with Crippen molar-refractivity contribution >= 4 is 17.3 Å². The SMILES string of the molecule is COc1cc(N)ccc1C(=O)N(C)c1cccnc1. The number of nitrogens with two attached hydrogens (primary N) is 1. The summed E-state index contributed by atoms with van der Waals surface area (Å²) < 4.78 is 5.19. The highest BCUT2D eigenvalue weighted by Crippen LogP contribution is 2.24. The second kappa shape index (κ2) is 5.39. The molecular weight excluding hydrogens is 242 g/mol. The first-order valence-corrected chi connectivity index (χ1v) is 5.75. The third kappa shape index (κ3) is 2.65. The maximum Gasteiger partial charge on any atom is 0.261 e. The van der Waals surface area contributed by atoms with Crippen LogP contribution < -0.4 is 15.4 Å². The van der Waals surface area contributed by atoms with Gasteiger partial charge in [-0.25, -0.2) is 0 Å². The third-order valence-electron chi connectivity index (χ3n) is 2.79. The third-order valence-corrected chi connectivity index (χ3v) is 2.79. The van der Waals surface area contributed by atoms with Crippen LogP contribution in [0.4, 0.5) is 11.4 Å². The van der Waals surface area contributed by atoms with E-state index in [0.29, 0.717) is 22.7 Å². The van der Waals surface area contributed by atoms with Gasteiger partial charge in [-0.1, -0.05) is 0 Å². The van der Waals surface area contributed by atoms with Crippen molar-refractivity contribution in [1.82, 2.24) is 4.98 Å². The van der Waals surface area contributed by atoms with Crippen LogP contribution in [0.1, 0.15) is 10.4 Å². The number of ether oxygens (including phenoxy) is 1. The maximum absolute atomic E-state index is 12.4. The smallest absolute Gasteiger partial charge is 0.261 e. The number of hydrogen-bond donors (Lipinski definition) is 1. The molecule has 0 aliphatic carbocycles. The number of pyridine rings is 1. The summed E-state index contributed by atoms with van der Waals surface area (Å²) in [4.78, 5) is 17.9. The predicted molar refractivity (Wildman–Crippen MR) is 74.4 cm³/mol. The molecular formula is C14H15N3O2. The number of amides is 1. The Morgan fingerprint density at radius 2 is 2.16 bits per heavy atom. The number of methoxy groups -OCH3 is 1. The Morgan fingerprint density at radius 1 is 1.37 bits per heavy atom. The zero-order valence-corrected chi connectivity index (χ0v) is 10.8. The van der Waals surface area contributed by atoms with E-state index < -0.39 is 0 Å². The molecule has 0 unspecified atom stereocenters. The number of anilines is 2. The molecule has 19 heavy (non-hydrogen) atoms. The van der Waals surface area contributed by atoms with Crippen LogP contribution in [0, 0.1) is 0 Å². The first-order chi connectivity index (χ1) is 9.13. The lowest BCUT2D eigenvalue weighted by Gasteiger charge is -2.18. The van der Waals surface area contributed by atoms with Gasteiger partial charge in [0.05, 0.1) is 24.6 Å². The van der Waals surface area contributed by atoms with E-state index in [2.05, 4.69) is 4.98 Å². The summed E-state index contributed by atoms with van der Waals surface area (Å²) in [6, 6.07) is 8.55. The van der Waals surface area contributed by atoms with Gasteiger partial charge in [0.2, 0.25) is 0 Å². The van der Waals surface area contributed by atoms with Crippen LogP contribution in [-0.2, 0) is 0 Å². The highest BCUT2D eigenvalue weighted by Gasteiger charge is 2.18. The maximum atomic E-state index is 12.4. The molecule has 0 fully saturated rings. The average Bonchev–Trinajstić information content (AvgIpc) is 2.46. The molecule has 98 valence electrons. The fourth-order valence-electron chi connectivity index (χ4n) is 1.73. The largest absolute Gasteiger partial charge is 0.496 e. The van der Waals surface area contributed by atoms with Gasteiger partial charge >= 0.3 is 0 Å². The van der Waals surface area contributed by atoms with Crippen molar-refractivity contribution in [2.75, 3.05) is 24.8 Å². The Hall–Kier alpha value is -2.56. The van der Waals surface area contributed by atoms with E-state index in [1.165, 1.54) is 12.0 Å². The van der Waals surface area contributed by atoms with Gasteiger partial charge in [0, 0.05) is 25.0 Å². The van der Waals surface area contributed by atoms with Crippen molar-refractivity contribution in [1.29, 1.82) is 0 Å². The number of benzene rings is 1. The van der Waals surface area contributed by atoms with Gasteiger partial charge in [0.25, 0.3) is 5.91 Å². The molecule has 1 aromatic heterocycles. The molecule has 0 bridgehead atoms. The molecule has 5 heteroatoms. The monoisotopic (exact) mass is 257 g/mol. The highest BCUT2D eigenvalue weighted by molar-refractivity contribution is 6.07. The summed E-state index contributed by atoms with van der Waals surface area (Å²) in [5.74, 6) is 0.283. The van der Waals surface area contributed by atoms with Gasteiger partial charge in [-0.05, 0) is 24.3 Å². The fourth-order valence-corrected chi connectivity index (χ4v) is 1.73. The lowest BCUT2D eigenvalue weighted by atomic mass is 10.1. The number of carbonyl (C=O) groups is 1. The summed E-state index contributed by atoms with van der Waals surface area (Å²) >= 11 is 0. The Morgan fingerprint density at radius 3 is 2.79 bits per heavy atom. The summed E-state index contributed by atoms with van der Waals surface area (Å²) in [5, 5.41) is 0. The van der Waals surface area contributed by atoms with E-state index in [0.717, 1.165) is 0 Å². The van der Waals surface area contributed by atoms with E-state index in [-0.39, 0.29) is 5.91 Å².